The van der Waals surface area contributed by atoms with Gasteiger partial charge in [-0.2, -0.15) is 0 Å². The van der Waals surface area contributed by atoms with Crippen molar-refractivity contribution < 1.29 is 4.74 Å². The van der Waals surface area contributed by atoms with Gasteiger partial charge in [0.25, 0.3) is 0 Å². The molecule has 0 aromatic heterocycles. The first-order chi connectivity index (χ1) is 9.79. The zero-order valence-corrected chi connectivity index (χ0v) is 12.4. The number of hydrogen-bond acceptors (Lipinski definition) is 3. The van der Waals surface area contributed by atoms with Crippen LogP contribution in [0.25, 0.3) is 0 Å². The largest absolute Gasteiger partial charge is 0.381 e. The van der Waals surface area contributed by atoms with Crippen molar-refractivity contribution in [2.45, 2.75) is 31.2 Å². The lowest BCUT2D eigenvalue weighted by Crippen LogP contribution is -2.22. The molecule has 0 radical (unpaired) electrons. The molecule has 2 aliphatic rings. The summed E-state index contributed by atoms with van der Waals surface area (Å²) in [4.78, 5) is 2.48. The normalized spacial score (nSPS) is 28.9. The quantitative estimate of drug-likeness (QED) is 0.920. The van der Waals surface area contributed by atoms with Crippen molar-refractivity contribution in [1.82, 2.24) is 4.90 Å². The highest BCUT2D eigenvalue weighted by atomic mass is 16.5. The Labute approximate surface area is 122 Å². The van der Waals surface area contributed by atoms with Gasteiger partial charge in [-0.05, 0) is 55.8 Å². The van der Waals surface area contributed by atoms with E-state index in [-0.39, 0.29) is 0 Å². The number of likely N-dealkylation sites (tertiary alicyclic amines) is 1. The number of nitrogens with two attached hydrogens (primary N) is 1. The average Bonchev–Trinajstić information content (AvgIpc) is 2.89. The molecule has 2 atom stereocenters. The lowest BCUT2D eigenvalue weighted by molar-refractivity contribution is 0.0849. The Morgan fingerprint density at radius 3 is 2.55 bits per heavy atom. The van der Waals surface area contributed by atoms with E-state index < -0.39 is 0 Å². The number of hydrogen-bond donors (Lipinski definition) is 1. The third-order valence-electron chi connectivity index (χ3n) is 4.98. The third-order valence-corrected chi connectivity index (χ3v) is 4.98. The highest BCUT2D eigenvalue weighted by molar-refractivity contribution is 5.34. The van der Waals surface area contributed by atoms with E-state index in [0.717, 1.165) is 39.1 Å². The van der Waals surface area contributed by atoms with Crippen LogP contribution in [-0.2, 0) is 4.74 Å². The molecular formula is C17H26N2O. The highest BCUT2D eigenvalue weighted by Gasteiger charge is 2.32. The molecule has 2 fully saturated rings. The van der Waals surface area contributed by atoms with Crippen molar-refractivity contribution in [3.05, 3.63) is 35.4 Å². The molecule has 1 aromatic carbocycles. The molecule has 0 saturated carbocycles. The van der Waals surface area contributed by atoms with Crippen LogP contribution < -0.4 is 5.73 Å². The lowest BCUT2D eigenvalue weighted by Gasteiger charge is -2.28. The summed E-state index contributed by atoms with van der Waals surface area (Å²) in [6.07, 6.45) is 3.52. The first-order valence-corrected chi connectivity index (χ1v) is 7.86. The summed E-state index contributed by atoms with van der Waals surface area (Å²) in [6, 6.07) is 9.56. The van der Waals surface area contributed by atoms with Crippen LogP contribution >= 0.6 is 0 Å². The topological polar surface area (TPSA) is 38.5 Å². The molecule has 2 saturated heterocycles. The first-order valence-electron chi connectivity index (χ1n) is 7.86. The maximum atomic E-state index is 5.87. The van der Waals surface area contributed by atoms with Crippen LogP contribution in [-0.4, -0.2) is 38.3 Å². The number of benzene rings is 1. The Bertz CT molecular complexity index is 442. The Kier molecular flexibility index (Phi) is 4.39. The fourth-order valence-electron chi connectivity index (χ4n) is 3.83. The third kappa shape index (κ3) is 2.76. The fraction of sp³-hybridized carbons (Fsp3) is 0.647. The molecule has 3 rings (SSSR count). The highest BCUT2D eigenvalue weighted by Crippen LogP contribution is 2.39. The molecule has 2 aliphatic heterocycles. The molecule has 0 aliphatic carbocycles. The summed E-state index contributed by atoms with van der Waals surface area (Å²) >= 11 is 0. The number of nitrogens with zero attached hydrogens (tertiary/aromatic N) is 1. The Morgan fingerprint density at radius 2 is 1.90 bits per heavy atom. The molecule has 0 bridgehead atoms. The molecule has 2 heterocycles. The van der Waals surface area contributed by atoms with Crippen molar-refractivity contribution in [3.63, 3.8) is 0 Å². The fourth-order valence-corrected chi connectivity index (χ4v) is 3.83. The van der Waals surface area contributed by atoms with Gasteiger partial charge in [0.2, 0.25) is 0 Å². The standard InChI is InChI=1S/C17H26N2O/c1-19-12-13(11-18)10-17(19)16-5-3-2-4-15(16)14-6-8-20-9-7-14/h2-5,13-14,17H,6-12,18H2,1H3. The predicted molar refractivity (Wildman–Crippen MR) is 81.8 cm³/mol. The Morgan fingerprint density at radius 1 is 1.20 bits per heavy atom. The van der Waals surface area contributed by atoms with Gasteiger partial charge in [-0.15, -0.1) is 0 Å². The second-order valence-electron chi connectivity index (χ2n) is 6.31. The van der Waals surface area contributed by atoms with Crippen LogP contribution in [0, 0.1) is 5.92 Å². The van der Waals surface area contributed by atoms with Gasteiger partial charge in [-0.1, -0.05) is 24.3 Å². The van der Waals surface area contributed by atoms with Crippen LogP contribution in [0.1, 0.15) is 42.3 Å². The molecule has 0 amide bonds. The van der Waals surface area contributed by atoms with E-state index >= 15 is 0 Å². The van der Waals surface area contributed by atoms with Gasteiger partial charge in [-0.25, -0.2) is 0 Å². The van der Waals surface area contributed by atoms with Crippen molar-refractivity contribution in [2.75, 3.05) is 33.4 Å². The van der Waals surface area contributed by atoms with Crippen LogP contribution in [0.3, 0.4) is 0 Å². The SMILES string of the molecule is CN1CC(CN)CC1c1ccccc1C1CCOCC1. The zero-order chi connectivity index (χ0) is 13.9. The van der Waals surface area contributed by atoms with Crippen LogP contribution in [0.5, 0.6) is 0 Å². The first kappa shape index (κ1) is 14.1. The maximum absolute atomic E-state index is 5.87. The smallest absolute Gasteiger partial charge is 0.0471 e. The summed E-state index contributed by atoms with van der Waals surface area (Å²) in [5.41, 5.74) is 8.95. The second-order valence-corrected chi connectivity index (χ2v) is 6.31. The van der Waals surface area contributed by atoms with Crippen LogP contribution in [0.4, 0.5) is 0 Å². The summed E-state index contributed by atoms with van der Waals surface area (Å²) in [6.45, 7) is 3.75. The van der Waals surface area contributed by atoms with E-state index in [1.807, 2.05) is 0 Å². The molecule has 110 valence electrons. The van der Waals surface area contributed by atoms with Crippen molar-refractivity contribution in [1.29, 1.82) is 0 Å². The Balaban J connectivity index is 1.85. The van der Waals surface area contributed by atoms with E-state index in [0.29, 0.717) is 17.9 Å². The molecule has 1 aromatic rings. The van der Waals surface area contributed by atoms with Gasteiger partial charge in [0.05, 0.1) is 0 Å². The number of ether oxygens (including phenoxy) is 1. The van der Waals surface area contributed by atoms with Gasteiger partial charge >= 0.3 is 0 Å². The van der Waals surface area contributed by atoms with Crippen molar-refractivity contribution in [3.8, 4) is 0 Å². The zero-order valence-electron chi connectivity index (χ0n) is 12.4. The van der Waals surface area contributed by atoms with Gasteiger partial charge < -0.3 is 10.5 Å². The summed E-state index contributed by atoms with van der Waals surface area (Å²) in [7, 11) is 2.24. The average molecular weight is 274 g/mol. The van der Waals surface area contributed by atoms with Crippen molar-refractivity contribution in [2.24, 2.45) is 11.7 Å². The summed E-state index contributed by atoms with van der Waals surface area (Å²) in [5, 5.41) is 0. The molecule has 0 spiro atoms. The van der Waals surface area contributed by atoms with E-state index in [1.165, 1.54) is 12.0 Å². The van der Waals surface area contributed by atoms with E-state index in [2.05, 4.69) is 36.2 Å². The monoisotopic (exact) mass is 274 g/mol. The Hall–Kier alpha value is -0.900. The van der Waals surface area contributed by atoms with E-state index in [1.54, 1.807) is 5.56 Å². The summed E-state index contributed by atoms with van der Waals surface area (Å²) in [5.74, 6) is 1.32. The molecule has 20 heavy (non-hydrogen) atoms. The minimum atomic E-state index is 0.544. The second kappa shape index (κ2) is 6.25. The van der Waals surface area contributed by atoms with Crippen LogP contribution in [0.2, 0.25) is 0 Å². The molecular weight excluding hydrogens is 248 g/mol. The van der Waals surface area contributed by atoms with Crippen molar-refractivity contribution >= 4 is 0 Å². The predicted octanol–water partition coefficient (Wildman–Crippen LogP) is 2.53. The maximum Gasteiger partial charge on any atom is 0.0471 e. The van der Waals surface area contributed by atoms with E-state index in [4.69, 9.17) is 10.5 Å². The molecule has 2 N–H and O–H groups in total. The van der Waals surface area contributed by atoms with E-state index in [9.17, 15) is 0 Å². The minimum absolute atomic E-state index is 0.544. The molecule has 2 unspecified atom stereocenters. The molecule has 3 heteroatoms. The van der Waals surface area contributed by atoms with Crippen LogP contribution in [0.15, 0.2) is 24.3 Å². The molecule has 3 nitrogen and oxygen atoms in total. The lowest BCUT2D eigenvalue weighted by atomic mass is 9.85. The minimum Gasteiger partial charge on any atom is -0.381 e. The van der Waals surface area contributed by atoms with Gasteiger partial charge in [0.1, 0.15) is 0 Å². The number of rotatable bonds is 3. The van der Waals surface area contributed by atoms with Gasteiger partial charge in [-0.3, -0.25) is 4.90 Å². The summed E-state index contributed by atoms with van der Waals surface area (Å²) < 4.78 is 5.52. The van der Waals surface area contributed by atoms with Gasteiger partial charge in [0, 0.05) is 25.8 Å². The van der Waals surface area contributed by atoms with Gasteiger partial charge in [0.15, 0.2) is 0 Å².